The van der Waals surface area contributed by atoms with Crippen LogP contribution >= 0.6 is 0 Å². The third-order valence-corrected chi connectivity index (χ3v) is 6.53. The number of hydrogen-bond acceptors (Lipinski definition) is 7. The zero-order valence-corrected chi connectivity index (χ0v) is 19.4. The number of hydrogen-bond donors (Lipinski definition) is 2. The van der Waals surface area contributed by atoms with E-state index in [9.17, 15) is 12.8 Å². The van der Waals surface area contributed by atoms with Gasteiger partial charge in [-0.1, -0.05) is 19.9 Å². The fraction of sp³-hybridized carbons (Fsp3) is 0.273. The molecule has 172 valence electrons. The number of sulfone groups is 1. The third kappa shape index (κ3) is 4.49. The van der Waals surface area contributed by atoms with Crippen molar-refractivity contribution in [1.29, 1.82) is 0 Å². The quantitative estimate of drug-likeness (QED) is 0.409. The fourth-order valence-electron chi connectivity index (χ4n) is 3.36. The van der Waals surface area contributed by atoms with Crippen molar-refractivity contribution in [3.05, 3.63) is 60.3 Å². The number of halogens is 1. The molecule has 3 heterocycles. The topological polar surface area (TPSA) is 118 Å². The van der Waals surface area contributed by atoms with Crippen molar-refractivity contribution < 1.29 is 12.8 Å². The molecule has 0 aliphatic rings. The zero-order chi connectivity index (χ0) is 23.8. The molecule has 0 saturated carbocycles. The Morgan fingerprint density at radius 1 is 1.15 bits per heavy atom. The highest BCUT2D eigenvalue weighted by atomic mass is 32.2. The summed E-state index contributed by atoms with van der Waals surface area (Å²) in [5.74, 6) is -0.377. The van der Waals surface area contributed by atoms with E-state index in [-0.39, 0.29) is 33.9 Å². The van der Waals surface area contributed by atoms with Gasteiger partial charge < -0.3 is 5.32 Å². The van der Waals surface area contributed by atoms with Crippen LogP contribution in [-0.2, 0) is 9.84 Å². The lowest BCUT2D eigenvalue weighted by atomic mass is 9.94. The first kappa shape index (κ1) is 22.6. The van der Waals surface area contributed by atoms with Crippen molar-refractivity contribution >= 4 is 21.5 Å². The molecule has 4 aromatic rings. The molecule has 2 N–H and O–H groups in total. The summed E-state index contributed by atoms with van der Waals surface area (Å²) < 4.78 is 41.9. The first-order valence-corrected chi connectivity index (χ1v) is 11.9. The van der Waals surface area contributed by atoms with Gasteiger partial charge in [0.1, 0.15) is 5.82 Å². The van der Waals surface area contributed by atoms with Crippen LogP contribution < -0.4 is 5.32 Å². The smallest absolute Gasteiger partial charge is 0.260 e. The van der Waals surface area contributed by atoms with E-state index >= 15 is 0 Å². The molecule has 0 saturated heterocycles. The van der Waals surface area contributed by atoms with Gasteiger partial charge in [-0.05, 0) is 49.6 Å². The third-order valence-electron chi connectivity index (χ3n) is 5.07. The van der Waals surface area contributed by atoms with E-state index in [2.05, 4.69) is 30.6 Å². The average molecular weight is 470 g/mol. The van der Waals surface area contributed by atoms with Gasteiger partial charge in [-0.15, -0.1) is 5.10 Å². The fourth-order valence-corrected chi connectivity index (χ4v) is 4.37. The summed E-state index contributed by atoms with van der Waals surface area (Å²) in [6.07, 6.45) is 4.86. The van der Waals surface area contributed by atoms with Crippen LogP contribution in [0, 0.1) is 5.82 Å². The summed E-state index contributed by atoms with van der Waals surface area (Å²) in [6.45, 7) is 7.67. The van der Waals surface area contributed by atoms with Crippen LogP contribution in [0.25, 0.3) is 11.1 Å². The normalized spacial score (nSPS) is 12.0. The van der Waals surface area contributed by atoms with Crippen LogP contribution in [0.2, 0.25) is 0 Å². The van der Waals surface area contributed by atoms with Crippen molar-refractivity contribution in [3.8, 4) is 11.1 Å². The molecule has 4 rings (SSSR count). The highest BCUT2D eigenvalue weighted by Crippen LogP contribution is 2.37. The maximum absolute atomic E-state index is 14.4. The molecule has 0 radical (unpaired) electrons. The van der Waals surface area contributed by atoms with Crippen LogP contribution in [0.1, 0.15) is 45.2 Å². The number of nitrogens with one attached hydrogen (secondary N) is 2. The molecular weight excluding hydrogens is 445 g/mol. The predicted octanol–water partition coefficient (Wildman–Crippen LogP) is 4.48. The minimum Gasteiger partial charge on any atom is -0.322 e. The summed E-state index contributed by atoms with van der Waals surface area (Å²) >= 11 is 0. The van der Waals surface area contributed by atoms with Gasteiger partial charge in [0.25, 0.3) is 15.0 Å². The van der Waals surface area contributed by atoms with E-state index in [1.54, 1.807) is 29.3 Å². The van der Waals surface area contributed by atoms with Crippen molar-refractivity contribution in [2.75, 3.05) is 5.32 Å². The van der Waals surface area contributed by atoms with Crippen LogP contribution in [0.15, 0.2) is 59.1 Å². The zero-order valence-electron chi connectivity index (χ0n) is 18.6. The Morgan fingerprint density at radius 2 is 1.94 bits per heavy atom. The number of aromatic nitrogens is 6. The highest BCUT2D eigenvalue weighted by molar-refractivity contribution is 7.91. The Hall–Kier alpha value is -3.60. The molecule has 0 aliphatic carbocycles. The molecule has 11 heteroatoms. The summed E-state index contributed by atoms with van der Waals surface area (Å²) in [6, 6.07) is 7.84. The Labute approximate surface area is 191 Å². The lowest BCUT2D eigenvalue weighted by Crippen LogP contribution is -2.08. The molecule has 1 aromatic carbocycles. The summed E-state index contributed by atoms with van der Waals surface area (Å²) in [4.78, 5) is 8.26. The average Bonchev–Trinajstić information content (AvgIpc) is 3.46. The van der Waals surface area contributed by atoms with E-state index in [0.717, 1.165) is 0 Å². The number of anilines is 2. The Kier molecular flexibility index (Phi) is 5.98. The van der Waals surface area contributed by atoms with Crippen molar-refractivity contribution in [1.82, 2.24) is 29.9 Å². The SMILES string of the molecule is CC(C)c1cc(F)cc(-c2cccnc2)c1Nc1n[nH]c(S(=O)(=O)c2ccn(C(C)C)n2)n1. The summed E-state index contributed by atoms with van der Waals surface area (Å²) in [5.41, 5.74) is 2.53. The minimum atomic E-state index is -3.99. The molecule has 0 atom stereocenters. The Bertz CT molecular complexity index is 1380. The van der Waals surface area contributed by atoms with Gasteiger partial charge in [-0.2, -0.15) is 10.1 Å². The summed E-state index contributed by atoms with van der Waals surface area (Å²) in [7, 11) is -3.99. The number of H-pyrrole nitrogens is 1. The Morgan fingerprint density at radius 3 is 2.58 bits per heavy atom. The maximum Gasteiger partial charge on any atom is 0.260 e. The number of benzene rings is 1. The molecule has 0 bridgehead atoms. The largest absolute Gasteiger partial charge is 0.322 e. The molecule has 9 nitrogen and oxygen atoms in total. The van der Waals surface area contributed by atoms with Gasteiger partial charge in [-0.25, -0.2) is 17.9 Å². The molecule has 0 amide bonds. The highest BCUT2D eigenvalue weighted by Gasteiger charge is 2.26. The number of rotatable bonds is 7. The van der Waals surface area contributed by atoms with Crippen molar-refractivity contribution in [2.24, 2.45) is 0 Å². The number of pyridine rings is 1. The van der Waals surface area contributed by atoms with E-state index in [0.29, 0.717) is 22.4 Å². The van der Waals surface area contributed by atoms with Gasteiger partial charge in [0.15, 0.2) is 5.03 Å². The van der Waals surface area contributed by atoms with Crippen LogP contribution in [0.5, 0.6) is 0 Å². The minimum absolute atomic E-state index is 0.0136. The molecule has 0 aliphatic heterocycles. The van der Waals surface area contributed by atoms with Gasteiger partial charge >= 0.3 is 0 Å². The van der Waals surface area contributed by atoms with Gasteiger partial charge in [0, 0.05) is 35.8 Å². The van der Waals surface area contributed by atoms with Gasteiger partial charge in [0.2, 0.25) is 5.95 Å². The monoisotopic (exact) mass is 469 g/mol. The lowest BCUT2D eigenvalue weighted by molar-refractivity contribution is 0.515. The predicted molar refractivity (Wildman–Crippen MR) is 121 cm³/mol. The maximum atomic E-state index is 14.4. The molecule has 0 fully saturated rings. The van der Waals surface area contributed by atoms with E-state index in [4.69, 9.17) is 0 Å². The van der Waals surface area contributed by atoms with E-state index < -0.39 is 9.84 Å². The Balaban J connectivity index is 1.74. The van der Waals surface area contributed by atoms with Gasteiger partial charge in [-0.3, -0.25) is 9.67 Å². The second kappa shape index (κ2) is 8.74. The first-order valence-electron chi connectivity index (χ1n) is 10.4. The number of nitrogens with zero attached hydrogens (tertiary/aromatic N) is 5. The molecule has 3 aromatic heterocycles. The first-order chi connectivity index (χ1) is 15.7. The second-order valence-corrected chi connectivity index (χ2v) is 9.95. The van der Waals surface area contributed by atoms with E-state index in [1.807, 2.05) is 33.8 Å². The molecule has 0 spiro atoms. The molecule has 0 unspecified atom stereocenters. The van der Waals surface area contributed by atoms with Crippen molar-refractivity contribution in [2.45, 2.75) is 49.8 Å². The molecule has 33 heavy (non-hydrogen) atoms. The van der Waals surface area contributed by atoms with Crippen LogP contribution in [-0.4, -0.2) is 38.4 Å². The summed E-state index contributed by atoms with van der Waals surface area (Å²) in [5, 5.41) is 13.2. The van der Waals surface area contributed by atoms with Crippen molar-refractivity contribution in [3.63, 3.8) is 0 Å². The second-order valence-electron chi connectivity index (χ2n) is 8.13. The van der Waals surface area contributed by atoms with Gasteiger partial charge in [0.05, 0.1) is 5.69 Å². The van der Waals surface area contributed by atoms with Crippen LogP contribution in [0.3, 0.4) is 0 Å². The lowest BCUT2D eigenvalue weighted by Gasteiger charge is -2.18. The standard InChI is InChI=1S/C22H24FN7O2S/c1-13(2)17-10-16(23)11-18(15-6-5-8-24-12-15)20(17)25-21-26-22(28-27-21)33(31,32)19-7-9-30(29-19)14(3)4/h5-14H,1-4H3,(H2,25,26,27,28). The molecular formula is C22H24FN7O2S. The van der Waals surface area contributed by atoms with E-state index in [1.165, 1.54) is 18.2 Å². The van der Waals surface area contributed by atoms with Crippen LogP contribution in [0.4, 0.5) is 16.0 Å². The number of aromatic amines is 1.